The summed E-state index contributed by atoms with van der Waals surface area (Å²) in [5, 5.41) is 0. The van der Waals surface area contributed by atoms with Crippen molar-refractivity contribution in [2.75, 3.05) is 6.61 Å². The molecule has 0 saturated carbocycles. The van der Waals surface area contributed by atoms with E-state index in [-0.39, 0.29) is 0 Å². The van der Waals surface area contributed by atoms with Crippen LogP contribution in [0, 0.1) is 0 Å². The molecule has 1 aliphatic rings. The molecule has 16 heavy (non-hydrogen) atoms. The average molecular weight is 228 g/mol. The van der Waals surface area contributed by atoms with Crippen LogP contribution in [0.3, 0.4) is 0 Å². The zero-order chi connectivity index (χ0) is 11.0. The van der Waals surface area contributed by atoms with Crippen LogP contribution in [-0.4, -0.2) is 6.61 Å². The number of fused-ring (bicyclic) bond motifs is 3. The van der Waals surface area contributed by atoms with Crippen molar-refractivity contribution in [1.29, 1.82) is 0 Å². The van der Waals surface area contributed by atoms with Gasteiger partial charge in [-0.15, -0.1) is 12.6 Å². The normalized spacial score (nSPS) is 13.3. The van der Waals surface area contributed by atoms with Crippen LogP contribution in [0.5, 0.6) is 5.75 Å². The summed E-state index contributed by atoms with van der Waals surface area (Å²) >= 11 is 4.38. The third-order valence-corrected chi connectivity index (χ3v) is 3.17. The van der Waals surface area contributed by atoms with E-state index in [0.717, 1.165) is 23.7 Å². The first-order valence-electron chi connectivity index (χ1n) is 5.39. The van der Waals surface area contributed by atoms with Gasteiger partial charge in [-0.3, -0.25) is 0 Å². The molecular formula is C14H12OS. The van der Waals surface area contributed by atoms with Crippen molar-refractivity contribution in [1.82, 2.24) is 0 Å². The van der Waals surface area contributed by atoms with Crippen LogP contribution in [0.25, 0.3) is 11.1 Å². The van der Waals surface area contributed by atoms with Crippen LogP contribution in [0.4, 0.5) is 0 Å². The Morgan fingerprint density at radius 1 is 1.00 bits per heavy atom. The predicted octanol–water partition coefficient (Wildman–Crippen LogP) is 3.58. The summed E-state index contributed by atoms with van der Waals surface area (Å²) in [6.45, 7) is 0.737. The van der Waals surface area contributed by atoms with E-state index in [4.69, 9.17) is 4.74 Å². The SMILES string of the molecule is Sc1ccc2c(c1)CCOc1ccccc1-2. The molecule has 0 spiro atoms. The van der Waals surface area contributed by atoms with Gasteiger partial charge >= 0.3 is 0 Å². The quantitative estimate of drug-likeness (QED) is 0.678. The summed E-state index contributed by atoms with van der Waals surface area (Å²) in [6, 6.07) is 14.5. The number of hydrogen-bond acceptors (Lipinski definition) is 2. The van der Waals surface area contributed by atoms with Crippen molar-refractivity contribution < 1.29 is 4.74 Å². The summed E-state index contributed by atoms with van der Waals surface area (Å²) < 4.78 is 5.75. The van der Waals surface area contributed by atoms with Gasteiger partial charge in [-0.25, -0.2) is 0 Å². The van der Waals surface area contributed by atoms with E-state index < -0.39 is 0 Å². The van der Waals surface area contributed by atoms with Crippen LogP contribution in [0.1, 0.15) is 5.56 Å². The minimum atomic E-state index is 0.737. The second kappa shape index (κ2) is 3.87. The number of hydrogen-bond donors (Lipinski definition) is 1. The smallest absolute Gasteiger partial charge is 0.127 e. The molecule has 0 radical (unpaired) electrons. The van der Waals surface area contributed by atoms with E-state index in [9.17, 15) is 0 Å². The molecule has 80 valence electrons. The Kier molecular flexibility index (Phi) is 2.37. The number of thiol groups is 1. The van der Waals surface area contributed by atoms with Gasteiger partial charge in [0.05, 0.1) is 6.61 Å². The van der Waals surface area contributed by atoms with Crippen LogP contribution >= 0.6 is 12.6 Å². The second-order valence-corrected chi connectivity index (χ2v) is 4.45. The van der Waals surface area contributed by atoms with Gasteiger partial charge in [0.1, 0.15) is 5.75 Å². The van der Waals surface area contributed by atoms with Crippen molar-refractivity contribution in [2.45, 2.75) is 11.3 Å². The van der Waals surface area contributed by atoms with Crippen molar-refractivity contribution in [3.05, 3.63) is 48.0 Å². The Labute approximate surface area is 100 Å². The lowest BCUT2D eigenvalue weighted by Gasteiger charge is -2.08. The number of ether oxygens (including phenoxy) is 1. The molecule has 0 aromatic heterocycles. The summed E-state index contributed by atoms with van der Waals surface area (Å²) in [6.07, 6.45) is 0.943. The summed E-state index contributed by atoms with van der Waals surface area (Å²) in [7, 11) is 0. The van der Waals surface area contributed by atoms with Gasteiger partial charge in [0.25, 0.3) is 0 Å². The van der Waals surface area contributed by atoms with E-state index in [1.165, 1.54) is 16.7 Å². The van der Waals surface area contributed by atoms with Gasteiger partial charge in [-0.1, -0.05) is 24.3 Å². The third kappa shape index (κ3) is 1.59. The molecule has 0 bridgehead atoms. The molecule has 2 heteroatoms. The second-order valence-electron chi connectivity index (χ2n) is 3.94. The molecule has 0 aliphatic carbocycles. The van der Waals surface area contributed by atoms with Crippen LogP contribution in [0.2, 0.25) is 0 Å². The fraction of sp³-hybridized carbons (Fsp3) is 0.143. The highest BCUT2D eigenvalue weighted by Crippen LogP contribution is 2.35. The van der Waals surface area contributed by atoms with Gasteiger partial charge in [0.15, 0.2) is 0 Å². The fourth-order valence-electron chi connectivity index (χ4n) is 2.14. The molecule has 2 aromatic carbocycles. The maximum atomic E-state index is 5.75. The molecular weight excluding hydrogens is 216 g/mol. The minimum Gasteiger partial charge on any atom is -0.493 e. The van der Waals surface area contributed by atoms with Crippen molar-refractivity contribution in [2.24, 2.45) is 0 Å². The molecule has 1 nitrogen and oxygen atoms in total. The first-order valence-corrected chi connectivity index (χ1v) is 5.83. The fourth-order valence-corrected chi connectivity index (χ4v) is 2.37. The van der Waals surface area contributed by atoms with Crippen LogP contribution in [0.15, 0.2) is 47.4 Å². The minimum absolute atomic E-state index is 0.737. The zero-order valence-electron chi connectivity index (χ0n) is 8.81. The molecule has 0 unspecified atom stereocenters. The maximum absolute atomic E-state index is 5.75. The van der Waals surface area contributed by atoms with E-state index >= 15 is 0 Å². The summed E-state index contributed by atoms with van der Waals surface area (Å²) in [4.78, 5) is 1.01. The number of rotatable bonds is 0. The Morgan fingerprint density at radius 3 is 2.81 bits per heavy atom. The van der Waals surface area contributed by atoms with E-state index in [2.05, 4.69) is 30.8 Å². The van der Waals surface area contributed by atoms with Crippen molar-refractivity contribution in [3.8, 4) is 16.9 Å². The van der Waals surface area contributed by atoms with Gasteiger partial charge in [-0.2, -0.15) is 0 Å². The Bertz CT molecular complexity index is 534. The van der Waals surface area contributed by atoms with Gasteiger partial charge in [0, 0.05) is 16.9 Å². The molecule has 0 fully saturated rings. The summed E-state index contributed by atoms with van der Waals surface area (Å²) in [5.74, 6) is 0.980. The Morgan fingerprint density at radius 2 is 1.88 bits per heavy atom. The Balaban J connectivity index is 2.25. The first-order chi connectivity index (χ1) is 7.84. The van der Waals surface area contributed by atoms with Crippen LogP contribution < -0.4 is 4.74 Å². The van der Waals surface area contributed by atoms with Gasteiger partial charge < -0.3 is 4.74 Å². The van der Waals surface area contributed by atoms with Crippen molar-refractivity contribution in [3.63, 3.8) is 0 Å². The highest BCUT2D eigenvalue weighted by atomic mass is 32.1. The molecule has 1 heterocycles. The van der Waals surface area contributed by atoms with E-state index in [0.29, 0.717) is 0 Å². The van der Waals surface area contributed by atoms with E-state index in [1.54, 1.807) is 0 Å². The lowest BCUT2D eigenvalue weighted by atomic mass is 9.98. The predicted molar refractivity (Wildman–Crippen MR) is 68.3 cm³/mol. The standard InChI is InChI=1S/C14H12OS/c16-11-5-6-12-10(9-11)7-8-15-14-4-2-1-3-13(12)14/h1-6,9,16H,7-8H2. The third-order valence-electron chi connectivity index (χ3n) is 2.90. The lowest BCUT2D eigenvalue weighted by molar-refractivity contribution is 0.326. The van der Waals surface area contributed by atoms with Crippen molar-refractivity contribution >= 4 is 12.6 Å². The molecule has 0 atom stereocenters. The highest BCUT2D eigenvalue weighted by Gasteiger charge is 2.14. The molecule has 3 rings (SSSR count). The number of benzene rings is 2. The van der Waals surface area contributed by atoms with Crippen LogP contribution in [-0.2, 0) is 6.42 Å². The van der Waals surface area contributed by atoms with E-state index in [1.807, 2.05) is 24.3 Å². The molecule has 2 aromatic rings. The molecule has 0 saturated heterocycles. The number of para-hydroxylation sites is 1. The maximum Gasteiger partial charge on any atom is 0.127 e. The average Bonchev–Trinajstić information content (AvgIpc) is 2.47. The first kappa shape index (κ1) is 9.79. The molecule has 1 aliphatic heterocycles. The largest absolute Gasteiger partial charge is 0.493 e. The lowest BCUT2D eigenvalue weighted by Crippen LogP contribution is -1.98. The zero-order valence-corrected chi connectivity index (χ0v) is 9.71. The molecule has 0 N–H and O–H groups in total. The Hall–Kier alpha value is -1.41. The summed E-state index contributed by atoms with van der Waals surface area (Å²) in [5.41, 5.74) is 3.77. The highest BCUT2D eigenvalue weighted by molar-refractivity contribution is 7.80. The topological polar surface area (TPSA) is 9.23 Å². The monoisotopic (exact) mass is 228 g/mol. The molecule has 0 amide bonds. The van der Waals surface area contributed by atoms with Gasteiger partial charge in [-0.05, 0) is 29.3 Å². The van der Waals surface area contributed by atoms with Gasteiger partial charge in [0.2, 0.25) is 0 Å².